The van der Waals surface area contributed by atoms with Crippen molar-refractivity contribution in [2.75, 3.05) is 6.61 Å². The SMILES string of the molecule is N[C@H](CO)Cc1ccc(I)cc1. The number of hydrogen-bond acceptors (Lipinski definition) is 2. The second kappa shape index (κ2) is 4.79. The molecule has 0 aromatic heterocycles. The van der Waals surface area contributed by atoms with Crippen LogP contribution in [0.4, 0.5) is 0 Å². The van der Waals surface area contributed by atoms with Crippen molar-refractivity contribution in [3.63, 3.8) is 0 Å². The van der Waals surface area contributed by atoms with Gasteiger partial charge in [-0.25, -0.2) is 0 Å². The third-order valence-corrected chi connectivity index (χ3v) is 2.36. The first kappa shape index (κ1) is 9.95. The highest BCUT2D eigenvalue weighted by Crippen LogP contribution is 2.07. The summed E-state index contributed by atoms with van der Waals surface area (Å²) in [4.78, 5) is 0. The van der Waals surface area contributed by atoms with Crippen molar-refractivity contribution >= 4 is 22.6 Å². The summed E-state index contributed by atoms with van der Waals surface area (Å²) in [5.41, 5.74) is 6.77. The molecule has 1 rings (SSSR count). The predicted molar refractivity (Wildman–Crippen MR) is 57.9 cm³/mol. The van der Waals surface area contributed by atoms with E-state index in [9.17, 15) is 0 Å². The lowest BCUT2D eigenvalue weighted by Gasteiger charge is -2.07. The Labute approximate surface area is 85.9 Å². The van der Waals surface area contributed by atoms with E-state index >= 15 is 0 Å². The molecule has 66 valence electrons. The molecule has 0 radical (unpaired) electrons. The van der Waals surface area contributed by atoms with Crippen molar-refractivity contribution in [3.8, 4) is 0 Å². The van der Waals surface area contributed by atoms with Crippen molar-refractivity contribution in [3.05, 3.63) is 33.4 Å². The van der Waals surface area contributed by atoms with Crippen LogP contribution in [-0.4, -0.2) is 17.8 Å². The zero-order valence-corrected chi connectivity index (χ0v) is 8.86. The van der Waals surface area contributed by atoms with Crippen LogP contribution in [0.3, 0.4) is 0 Å². The smallest absolute Gasteiger partial charge is 0.0585 e. The highest BCUT2D eigenvalue weighted by molar-refractivity contribution is 14.1. The standard InChI is InChI=1S/C9H12INO/c10-8-3-1-7(2-4-8)5-9(11)6-12/h1-4,9,12H,5-6,11H2/t9-/m0/s1. The molecule has 0 fully saturated rings. The lowest BCUT2D eigenvalue weighted by atomic mass is 10.1. The number of aliphatic hydroxyl groups excluding tert-OH is 1. The van der Waals surface area contributed by atoms with Gasteiger partial charge in [-0.3, -0.25) is 0 Å². The van der Waals surface area contributed by atoms with Crippen molar-refractivity contribution in [1.82, 2.24) is 0 Å². The molecule has 0 saturated heterocycles. The van der Waals surface area contributed by atoms with Crippen molar-refractivity contribution in [1.29, 1.82) is 0 Å². The van der Waals surface area contributed by atoms with Crippen LogP contribution < -0.4 is 5.73 Å². The second-order valence-electron chi connectivity index (χ2n) is 2.77. The number of rotatable bonds is 3. The fourth-order valence-electron chi connectivity index (χ4n) is 0.988. The first-order valence-corrected chi connectivity index (χ1v) is 4.91. The molecule has 1 aromatic rings. The predicted octanol–water partition coefficient (Wildman–Crippen LogP) is 1.15. The van der Waals surface area contributed by atoms with E-state index in [4.69, 9.17) is 10.8 Å². The molecular weight excluding hydrogens is 265 g/mol. The van der Waals surface area contributed by atoms with E-state index in [2.05, 4.69) is 22.6 Å². The third kappa shape index (κ3) is 3.08. The van der Waals surface area contributed by atoms with Gasteiger partial charge in [0.25, 0.3) is 0 Å². The zero-order valence-electron chi connectivity index (χ0n) is 6.70. The Bertz CT molecular complexity index is 235. The summed E-state index contributed by atoms with van der Waals surface area (Å²) in [5.74, 6) is 0. The maximum atomic E-state index is 8.72. The molecule has 3 N–H and O–H groups in total. The second-order valence-corrected chi connectivity index (χ2v) is 4.02. The number of halogens is 1. The average Bonchev–Trinajstić information content (AvgIpc) is 2.09. The Kier molecular flexibility index (Phi) is 3.97. The quantitative estimate of drug-likeness (QED) is 0.814. The van der Waals surface area contributed by atoms with E-state index in [-0.39, 0.29) is 12.6 Å². The van der Waals surface area contributed by atoms with Crippen LogP contribution in [0.2, 0.25) is 0 Å². The minimum atomic E-state index is -0.134. The summed E-state index contributed by atoms with van der Waals surface area (Å²) in [6.07, 6.45) is 0.743. The molecule has 0 bridgehead atoms. The average molecular weight is 277 g/mol. The maximum Gasteiger partial charge on any atom is 0.0585 e. The molecule has 0 aliphatic rings. The van der Waals surface area contributed by atoms with Gasteiger partial charge < -0.3 is 10.8 Å². The summed E-state index contributed by atoms with van der Waals surface area (Å²) >= 11 is 2.26. The summed E-state index contributed by atoms with van der Waals surface area (Å²) < 4.78 is 1.22. The number of nitrogens with two attached hydrogens (primary N) is 1. The number of aliphatic hydroxyl groups is 1. The highest BCUT2D eigenvalue weighted by atomic mass is 127. The topological polar surface area (TPSA) is 46.2 Å². The fourth-order valence-corrected chi connectivity index (χ4v) is 1.35. The molecule has 12 heavy (non-hydrogen) atoms. The molecule has 1 aromatic carbocycles. The Balaban J connectivity index is 2.58. The van der Waals surface area contributed by atoms with E-state index in [1.165, 1.54) is 9.13 Å². The normalized spacial score (nSPS) is 12.9. The van der Waals surface area contributed by atoms with Crippen LogP contribution in [0.5, 0.6) is 0 Å². The van der Waals surface area contributed by atoms with Crippen molar-refractivity contribution < 1.29 is 5.11 Å². The minimum Gasteiger partial charge on any atom is -0.395 e. The molecule has 0 aliphatic carbocycles. The van der Waals surface area contributed by atoms with Crippen LogP contribution in [0.1, 0.15) is 5.56 Å². The van der Waals surface area contributed by atoms with Crippen LogP contribution in [-0.2, 0) is 6.42 Å². The van der Waals surface area contributed by atoms with Gasteiger partial charge in [0.2, 0.25) is 0 Å². The highest BCUT2D eigenvalue weighted by Gasteiger charge is 2.01. The van der Waals surface area contributed by atoms with Crippen LogP contribution in [0.25, 0.3) is 0 Å². The number of benzene rings is 1. The Hall–Kier alpha value is -0.130. The van der Waals surface area contributed by atoms with Crippen LogP contribution in [0, 0.1) is 3.57 Å². The maximum absolute atomic E-state index is 8.72. The van der Waals surface area contributed by atoms with Crippen LogP contribution >= 0.6 is 22.6 Å². The molecule has 0 spiro atoms. The van der Waals surface area contributed by atoms with E-state index in [0.717, 1.165) is 6.42 Å². The van der Waals surface area contributed by atoms with Gasteiger partial charge in [-0.15, -0.1) is 0 Å². The molecule has 0 aliphatic heterocycles. The van der Waals surface area contributed by atoms with Gasteiger partial charge in [0.15, 0.2) is 0 Å². The summed E-state index contributed by atoms with van der Waals surface area (Å²) in [6.45, 7) is 0.0476. The van der Waals surface area contributed by atoms with E-state index in [1.807, 2.05) is 24.3 Å². The van der Waals surface area contributed by atoms with Crippen molar-refractivity contribution in [2.45, 2.75) is 12.5 Å². The fraction of sp³-hybridized carbons (Fsp3) is 0.333. The molecule has 2 nitrogen and oxygen atoms in total. The molecule has 3 heteroatoms. The molecule has 0 unspecified atom stereocenters. The van der Waals surface area contributed by atoms with Gasteiger partial charge in [0, 0.05) is 9.61 Å². The summed E-state index contributed by atoms with van der Waals surface area (Å²) in [7, 11) is 0. The molecule has 0 saturated carbocycles. The van der Waals surface area contributed by atoms with Gasteiger partial charge in [-0.05, 0) is 46.7 Å². The Morgan fingerprint density at radius 1 is 1.33 bits per heavy atom. The van der Waals surface area contributed by atoms with Gasteiger partial charge in [0.1, 0.15) is 0 Å². The first-order chi connectivity index (χ1) is 5.72. The Morgan fingerprint density at radius 3 is 2.42 bits per heavy atom. The third-order valence-electron chi connectivity index (χ3n) is 1.65. The molecule has 1 atom stereocenters. The lowest BCUT2D eigenvalue weighted by Crippen LogP contribution is -2.26. The van der Waals surface area contributed by atoms with Crippen LogP contribution in [0.15, 0.2) is 24.3 Å². The summed E-state index contributed by atoms with van der Waals surface area (Å²) in [5, 5.41) is 8.72. The largest absolute Gasteiger partial charge is 0.395 e. The molecule has 0 heterocycles. The van der Waals surface area contributed by atoms with Gasteiger partial charge in [0.05, 0.1) is 6.61 Å². The van der Waals surface area contributed by atoms with E-state index < -0.39 is 0 Å². The lowest BCUT2D eigenvalue weighted by molar-refractivity contribution is 0.265. The number of hydrogen-bond donors (Lipinski definition) is 2. The molecular formula is C9H12INO. The van der Waals surface area contributed by atoms with Gasteiger partial charge in [-0.1, -0.05) is 12.1 Å². The summed E-state index contributed by atoms with van der Waals surface area (Å²) in [6, 6.07) is 8.03. The van der Waals surface area contributed by atoms with Crippen molar-refractivity contribution in [2.24, 2.45) is 5.73 Å². The van der Waals surface area contributed by atoms with Gasteiger partial charge >= 0.3 is 0 Å². The molecule has 0 amide bonds. The van der Waals surface area contributed by atoms with Gasteiger partial charge in [-0.2, -0.15) is 0 Å². The monoisotopic (exact) mass is 277 g/mol. The van der Waals surface area contributed by atoms with E-state index in [1.54, 1.807) is 0 Å². The van der Waals surface area contributed by atoms with E-state index in [0.29, 0.717) is 0 Å². The minimum absolute atomic E-state index is 0.0476. The Morgan fingerprint density at radius 2 is 1.92 bits per heavy atom. The first-order valence-electron chi connectivity index (χ1n) is 3.83. The zero-order chi connectivity index (χ0) is 8.97.